The summed E-state index contributed by atoms with van der Waals surface area (Å²) in [7, 11) is 0. The van der Waals surface area contributed by atoms with Crippen molar-refractivity contribution in [1.29, 1.82) is 0 Å². The Bertz CT molecular complexity index is 332. The Morgan fingerprint density at radius 1 is 1.35 bits per heavy atom. The average Bonchev–Trinajstić information content (AvgIpc) is 2.14. The number of carbonyl (C=O) groups is 3. The Morgan fingerprint density at radius 3 is 2.18 bits per heavy atom. The van der Waals surface area contributed by atoms with Gasteiger partial charge in [-0.05, 0) is 20.8 Å². The second-order valence-electron chi connectivity index (χ2n) is 4.03. The van der Waals surface area contributed by atoms with Crippen LogP contribution >= 0.6 is 11.8 Å². The van der Waals surface area contributed by atoms with Gasteiger partial charge in [-0.2, -0.15) is 0 Å². The molecule has 0 rings (SSSR count). The van der Waals surface area contributed by atoms with Crippen LogP contribution in [-0.2, 0) is 9.59 Å². The molecule has 3 amide bonds. The molecule has 0 aromatic heterocycles. The summed E-state index contributed by atoms with van der Waals surface area (Å²) in [5.74, 6) is -1.72. The van der Waals surface area contributed by atoms with Crippen LogP contribution in [0.25, 0.3) is 0 Å². The monoisotopic (exact) mass is 263 g/mol. The zero-order chi connectivity index (χ0) is 13.8. The molecule has 0 bridgehead atoms. The quantitative estimate of drug-likeness (QED) is 0.527. The van der Waals surface area contributed by atoms with Gasteiger partial charge in [-0.1, -0.05) is 0 Å². The molecule has 0 aromatic carbocycles. The molecule has 0 saturated carbocycles. The molecule has 6 N–H and O–H groups in total. The van der Waals surface area contributed by atoms with Gasteiger partial charge in [0.1, 0.15) is 6.04 Å². The van der Waals surface area contributed by atoms with Crippen molar-refractivity contribution in [3.63, 3.8) is 0 Å². The summed E-state index contributed by atoms with van der Waals surface area (Å²) in [5.41, 5.74) is 10.3. The van der Waals surface area contributed by atoms with Crippen molar-refractivity contribution in [2.24, 2.45) is 11.5 Å². The third kappa shape index (κ3) is 5.05. The van der Waals surface area contributed by atoms with Gasteiger partial charge in [0.05, 0.1) is 5.25 Å². The van der Waals surface area contributed by atoms with Crippen LogP contribution in [-0.4, -0.2) is 39.1 Å². The van der Waals surface area contributed by atoms with E-state index in [1.807, 2.05) is 5.32 Å². The van der Waals surface area contributed by atoms with E-state index in [-0.39, 0.29) is 0 Å². The lowest BCUT2D eigenvalue weighted by atomic mass is 10.1. The Kier molecular flexibility index (Phi) is 5.43. The summed E-state index contributed by atoms with van der Waals surface area (Å²) in [4.78, 5) is 32.6. The van der Waals surface area contributed by atoms with Crippen LogP contribution in [0.2, 0.25) is 0 Å². The van der Waals surface area contributed by atoms with Crippen molar-refractivity contribution in [3.05, 3.63) is 0 Å². The summed E-state index contributed by atoms with van der Waals surface area (Å²) >= 11 is 1.06. The number of hydrogen-bond acceptors (Lipinski definition) is 5. The summed E-state index contributed by atoms with van der Waals surface area (Å²) < 4.78 is -0.847. The number of thioether (sulfide) groups is 1. The minimum atomic E-state index is -1.15. The van der Waals surface area contributed by atoms with Crippen molar-refractivity contribution in [2.45, 2.75) is 36.8 Å². The Hall–Kier alpha value is -1.28. The van der Waals surface area contributed by atoms with Gasteiger partial charge in [0, 0.05) is 4.75 Å². The first-order chi connectivity index (χ1) is 7.58. The number of primary amides is 1. The summed E-state index contributed by atoms with van der Waals surface area (Å²) in [6, 6.07) is -2.06. The molecule has 0 fully saturated rings. The number of hydrogen-bond donors (Lipinski definition) is 4. The van der Waals surface area contributed by atoms with Crippen molar-refractivity contribution in [1.82, 2.24) is 5.32 Å². The minimum Gasteiger partial charge on any atom is -0.480 e. The predicted molar refractivity (Wildman–Crippen MR) is 64.5 cm³/mol. The van der Waals surface area contributed by atoms with Crippen LogP contribution in [0, 0.1) is 0 Å². The van der Waals surface area contributed by atoms with Crippen LogP contribution in [0.1, 0.15) is 20.8 Å². The molecular weight excluding hydrogens is 246 g/mol. The average molecular weight is 263 g/mol. The van der Waals surface area contributed by atoms with Crippen LogP contribution in [0.15, 0.2) is 0 Å². The summed E-state index contributed by atoms with van der Waals surface area (Å²) in [6.45, 7) is 4.77. The number of nitrogens with two attached hydrogens (primary N) is 2. The van der Waals surface area contributed by atoms with Gasteiger partial charge in [-0.25, -0.2) is 4.79 Å². The fraction of sp³-hybridized carbons (Fsp3) is 0.667. The first kappa shape index (κ1) is 15.7. The van der Waals surface area contributed by atoms with Gasteiger partial charge in [-0.3, -0.25) is 14.9 Å². The maximum atomic E-state index is 11.4. The molecule has 0 saturated heterocycles. The molecule has 0 aliphatic rings. The molecule has 0 aromatic rings. The van der Waals surface area contributed by atoms with E-state index in [4.69, 9.17) is 16.6 Å². The topological polar surface area (TPSA) is 136 Å². The highest BCUT2D eigenvalue weighted by Gasteiger charge is 2.35. The second kappa shape index (κ2) is 5.87. The van der Waals surface area contributed by atoms with Crippen LogP contribution in [0.3, 0.4) is 0 Å². The van der Waals surface area contributed by atoms with E-state index in [9.17, 15) is 14.4 Å². The van der Waals surface area contributed by atoms with Crippen molar-refractivity contribution < 1.29 is 19.5 Å². The number of carbonyl (C=O) groups excluding carboxylic acids is 2. The normalized spacial score (nSPS) is 14.8. The van der Waals surface area contributed by atoms with Crippen molar-refractivity contribution >= 4 is 29.7 Å². The van der Waals surface area contributed by atoms with E-state index in [0.29, 0.717) is 0 Å². The Balaban J connectivity index is 4.55. The van der Waals surface area contributed by atoms with Gasteiger partial charge in [0.25, 0.3) is 0 Å². The van der Waals surface area contributed by atoms with E-state index in [0.717, 1.165) is 11.8 Å². The van der Waals surface area contributed by atoms with Gasteiger partial charge in [0.15, 0.2) is 0 Å². The largest absolute Gasteiger partial charge is 0.480 e. The number of carboxylic acids is 1. The number of imide groups is 1. The van der Waals surface area contributed by atoms with Crippen molar-refractivity contribution in [2.75, 3.05) is 0 Å². The zero-order valence-corrected chi connectivity index (χ0v) is 10.7. The lowest BCUT2D eigenvalue weighted by Gasteiger charge is -2.30. The maximum absolute atomic E-state index is 11.4. The fourth-order valence-corrected chi connectivity index (χ4v) is 2.43. The number of urea groups is 1. The van der Waals surface area contributed by atoms with E-state index < -0.39 is 33.9 Å². The molecule has 17 heavy (non-hydrogen) atoms. The highest BCUT2D eigenvalue weighted by molar-refractivity contribution is 8.02. The van der Waals surface area contributed by atoms with Crippen molar-refractivity contribution in [3.8, 4) is 0 Å². The molecule has 0 radical (unpaired) electrons. The smallest absolute Gasteiger partial charge is 0.321 e. The molecule has 8 heteroatoms. The van der Waals surface area contributed by atoms with E-state index in [1.165, 1.54) is 0 Å². The SMILES string of the molecule is CC(SC(C)(C)[C@H](N)C(=O)O)C(=O)NC(N)=O. The van der Waals surface area contributed by atoms with Gasteiger partial charge in [-0.15, -0.1) is 11.8 Å². The first-order valence-electron chi connectivity index (χ1n) is 4.84. The molecular formula is C9H17N3O4S. The standard InChI is InChI=1S/C9H17N3O4S/c1-4(6(13)12-8(11)16)17-9(2,3)5(10)7(14)15/h4-5H,10H2,1-3H3,(H,14,15)(H3,11,12,13,16)/t4?,5-/m1/s1. The molecule has 2 atom stereocenters. The second-order valence-corrected chi connectivity index (χ2v) is 6.03. The van der Waals surface area contributed by atoms with Gasteiger partial charge in [0.2, 0.25) is 5.91 Å². The molecule has 0 heterocycles. The molecule has 0 aliphatic heterocycles. The van der Waals surface area contributed by atoms with E-state index >= 15 is 0 Å². The van der Waals surface area contributed by atoms with E-state index in [1.54, 1.807) is 20.8 Å². The zero-order valence-electron chi connectivity index (χ0n) is 9.89. The van der Waals surface area contributed by atoms with Crippen LogP contribution in [0.4, 0.5) is 4.79 Å². The first-order valence-corrected chi connectivity index (χ1v) is 5.72. The van der Waals surface area contributed by atoms with Gasteiger partial charge >= 0.3 is 12.0 Å². The summed E-state index contributed by atoms with van der Waals surface area (Å²) in [5, 5.41) is 10.1. The maximum Gasteiger partial charge on any atom is 0.321 e. The highest BCUT2D eigenvalue weighted by atomic mass is 32.2. The van der Waals surface area contributed by atoms with Gasteiger partial charge < -0.3 is 16.6 Å². The number of aliphatic carboxylic acids is 1. The third-order valence-electron chi connectivity index (χ3n) is 2.11. The Labute approximate surface area is 103 Å². The number of amides is 3. The molecule has 0 aliphatic carbocycles. The molecule has 7 nitrogen and oxygen atoms in total. The third-order valence-corrected chi connectivity index (χ3v) is 3.54. The molecule has 98 valence electrons. The predicted octanol–water partition coefficient (Wildman–Crippen LogP) is -0.506. The Morgan fingerprint density at radius 2 is 1.82 bits per heavy atom. The lowest BCUT2D eigenvalue weighted by Crippen LogP contribution is -2.49. The lowest BCUT2D eigenvalue weighted by molar-refractivity contribution is -0.139. The van der Waals surface area contributed by atoms with Crippen LogP contribution < -0.4 is 16.8 Å². The minimum absolute atomic E-state index is 0.576. The highest BCUT2D eigenvalue weighted by Crippen LogP contribution is 2.31. The fourth-order valence-electron chi connectivity index (χ4n) is 1.10. The number of carboxylic acid groups (broad SMARTS) is 1. The van der Waals surface area contributed by atoms with Crippen LogP contribution in [0.5, 0.6) is 0 Å². The summed E-state index contributed by atoms with van der Waals surface area (Å²) in [6.07, 6.45) is 0. The molecule has 1 unspecified atom stereocenters. The molecule has 0 spiro atoms. The number of nitrogens with one attached hydrogen (secondary N) is 1. The van der Waals surface area contributed by atoms with E-state index in [2.05, 4.69) is 0 Å². The number of rotatable bonds is 5.